The molecule has 1 atom stereocenters. The first-order chi connectivity index (χ1) is 14.6. The average molecular weight is 421 g/mol. The van der Waals surface area contributed by atoms with Crippen molar-refractivity contribution in [1.82, 2.24) is 14.7 Å². The molecule has 1 unspecified atom stereocenters. The Labute approximate surface area is 177 Å². The van der Waals surface area contributed by atoms with E-state index < -0.39 is 0 Å². The summed E-state index contributed by atoms with van der Waals surface area (Å²) in [6.07, 6.45) is -0.0314. The summed E-state index contributed by atoms with van der Waals surface area (Å²) < 4.78 is 21.5. The van der Waals surface area contributed by atoms with Crippen LogP contribution >= 0.6 is 0 Å². The fourth-order valence-corrected chi connectivity index (χ4v) is 3.91. The largest absolute Gasteiger partial charge is 0.496 e. The normalized spacial score (nSPS) is 20.2. The van der Waals surface area contributed by atoms with Crippen molar-refractivity contribution in [3.8, 4) is 11.5 Å². The molecular formula is C21H31N3O6. The number of carbonyl (C=O) groups excluding carboxylic acids is 2. The van der Waals surface area contributed by atoms with Crippen molar-refractivity contribution in [2.24, 2.45) is 0 Å². The maximum atomic E-state index is 13.1. The van der Waals surface area contributed by atoms with Gasteiger partial charge in [-0.25, -0.2) is 0 Å². The van der Waals surface area contributed by atoms with E-state index in [0.717, 1.165) is 19.6 Å². The molecule has 166 valence electrons. The molecule has 30 heavy (non-hydrogen) atoms. The minimum Gasteiger partial charge on any atom is -0.496 e. The third kappa shape index (κ3) is 5.21. The molecule has 9 nitrogen and oxygen atoms in total. The summed E-state index contributed by atoms with van der Waals surface area (Å²) in [5.74, 6) is 0.928. The fraction of sp³-hybridized carbons (Fsp3) is 0.619. The standard InChI is InChI=1S/C21H31N3O6/c1-27-15-19(25)24-11-12-30-16(14-24)13-22-7-9-23(10-8-22)21(26)20-17(28-2)5-4-6-18(20)29-3/h4-6,16H,7-15H2,1-3H3. The van der Waals surface area contributed by atoms with E-state index in [2.05, 4.69) is 4.90 Å². The molecule has 0 radical (unpaired) electrons. The summed E-state index contributed by atoms with van der Waals surface area (Å²) in [6.45, 7) is 5.24. The zero-order valence-corrected chi connectivity index (χ0v) is 18.0. The van der Waals surface area contributed by atoms with E-state index in [9.17, 15) is 9.59 Å². The van der Waals surface area contributed by atoms with Crippen LogP contribution in [0.5, 0.6) is 11.5 Å². The highest BCUT2D eigenvalue weighted by Crippen LogP contribution is 2.29. The van der Waals surface area contributed by atoms with Crippen LogP contribution in [-0.4, -0.2) is 113 Å². The lowest BCUT2D eigenvalue weighted by Gasteiger charge is -2.39. The molecule has 9 heteroatoms. The van der Waals surface area contributed by atoms with Crippen molar-refractivity contribution in [2.45, 2.75) is 6.10 Å². The lowest BCUT2D eigenvalue weighted by molar-refractivity contribution is -0.143. The van der Waals surface area contributed by atoms with Gasteiger partial charge in [0.2, 0.25) is 5.91 Å². The summed E-state index contributed by atoms with van der Waals surface area (Å²) in [7, 11) is 4.62. The number of rotatable bonds is 7. The summed E-state index contributed by atoms with van der Waals surface area (Å²) in [4.78, 5) is 31.1. The van der Waals surface area contributed by atoms with Gasteiger partial charge in [-0.1, -0.05) is 6.07 Å². The Morgan fingerprint density at radius 2 is 1.67 bits per heavy atom. The van der Waals surface area contributed by atoms with Crippen molar-refractivity contribution in [1.29, 1.82) is 0 Å². The minimum atomic E-state index is -0.0887. The lowest BCUT2D eigenvalue weighted by Crippen LogP contribution is -2.54. The van der Waals surface area contributed by atoms with E-state index in [-0.39, 0.29) is 24.5 Å². The molecule has 2 amide bonds. The van der Waals surface area contributed by atoms with Crippen LogP contribution in [0.15, 0.2) is 18.2 Å². The van der Waals surface area contributed by atoms with E-state index in [1.807, 2.05) is 4.90 Å². The van der Waals surface area contributed by atoms with Gasteiger partial charge in [0, 0.05) is 52.9 Å². The zero-order chi connectivity index (χ0) is 21.5. The second-order valence-corrected chi connectivity index (χ2v) is 7.40. The molecule has 0 bridgehead atoms. The van der Waals surface area contributed by atoms with Gasteiger partial charge in [0.25, 0.3) is 5.91 Å². The first kappa shape index (κ1) is 22.3. The van der Waals surface area contributed by atoms with E-state index in [1.54, 1.807) is 37.3 Å². The van der Waals surface area contributed by atoms with Crippen molar-refractivity contribution in [3.63, 3.8) is 0 Å². The lowest BCUT2D eigenvalue weighted by atomic mass is 10.1. The van der Waals surface area contributed by atoms with Gasteiger partial charge in [0.05, 0.1) is 26.9 Å². The highest BCUT2D eigenvalue weighted by molar-refractivity contribution is 5.99. The van der Waals surface area contributed by atoms with Crippen LogP contribution in [0.25, 0.3) is 0 Å². The number of morpholine rings is 1. The second kappa shape index (κ2) is 10.6. The highest BCUT2D eigenvalue weighted by Gasteiger charge is 2.30. The first-order valence-electron chi connectivity index (χ1n) is 10.2. The number of hydrogen-bond donors (Lipinski definition) is 0. The van der Waals surface area contributed by atoms with Crippen LogP contribution in [0.2, 0.25) is 0 Å². The highest BCUT2D eigenvalue weighted by atomic mass is 16.5. The van der Waals surface area contributed by atoms with Crippen molar-refractivity contribution in [3.05, 3.63) is 23.8 Å². The van der Waals surface area contributed by atoms with Gasteiger partial charge in [-0.05, 0) is 12.1 Å². The number of nitrogens with zero attached hydrogens (tertiary/aromatic N) is 3. The molecule has 3 rings (SSSR count). The molecule has 2 aliphatic heterocycles. The van der Waals surface area contributed by atoms with E-state index >= 15 is 0 Å². The molecule has 0 aromatic heterocycles. The third-order valence-electron chi connectivity index (χ3n) is 5.52. The summed E-state index contributed by atoms with van der Waals surface area (Å²) in [6, 6.07) is 5.34. The van der Waals surface area contributed by atoms with Gasteiger partial charge >= 0.3 is 0 Å². The summed E-state index contributed by atoms with van der Waals surface area (Å²) in [5, 5.41) is 0. The summed E-state index contributed by atoms with van der Waals surface area (Å²) in [5.41, 5.74) is 0.457. The van der Waals surface area contributed by atoms with Crippen molar-refractivity contribution >= 4 is 11.8 Å². The molecule has 0 N–H and O–H groups in total. The maximum Gasteiger partial charge on any atom is 0.261 e. The fourth-order valence-electron chi connectivity index (χ4n) is 3.91. The molecular weight excluding hydrogens is 390 g/mol. The van der Waals surface area contributed by atoms with Crippen LogP contribution in [-0.2, 0) is 14.3 Å². The van der Waals surface area contributed by atoms with Crippen LogP contribution in [0.3, 0.4) is 0 Å². The average Bonchev–Trinajstić information content (AvgIpc) is 2.78. The Kier molecular flexibility index (Phi) is 7.89. The number of benzene rings is 1. The summed E-state index contributed by atoms with van der Waals surface area (Å²) >= 11 is 0. The monoisotopic (exact) mass is 421 g/mol. The molecule has 0 spiro atoms. The van der Waals surface area contributed by atoms with Crippen molar-refractivity contribution in [2.75, 3.05) is 80.4 Å². The quantitative estimate of drug-likeness (QED) is 0.628. The first-order valence-corrected chi connectivity index (χ1v) is 10.2. The Bertz CT molecular complexity index is 713. The van der Waals surface area contributed by atoms with E-state index in [4.69, 9.17) is 18.9 Å². The molecule has 0 aliphatic carbocycles. The molecule has 1 aromatic rings. The topological polar surface area (TPSA) is 80.8 Å². The Balaban J connectivity index is 1.54. The van der Waals surface area contributed by atoms with Crippen LogP contribution < -0.4 is 9.47 Å². The number of piperazine rings is 1. The minimum absolute atomic E-state index is 0.00743. The Morgan fingerprint density at radius 1 is 1.00 bits per heavy atom. The molecule has 0 saturated carbocycles. The Morgan fingerprint density at radius 3 is 2.27 bits per heavy atom. The maximum absolute atomic E-state index is 13.1. The smallest absolute Gasteiger partial charge is 0.261 e. The molecule has 2 saturated heterocycles. The van der Waals surface area contributed by atoms with Gasteiger partial charge in [0.15, 0.2) is 0 Å². The number of methoxy groups -OCH3 is 3. The number of hydrogen-bond acceptors (Lipinski definition) is 7. The van der Waals surface area contributed by atoms with Crippen LogP contribution in [0, 0.1) is 0 Å². The van der Waals surface area contributed by atoms with Gasteiger partial charge < -0.3 is 28.7 Å². The van der Waals surface area contributed by atoms with E-state index in [1.165, 1.54) is 7.11 Å². The predicted octanol–water partition coefficient (Wildman–Crippen LogP) is 0.335. The molecule has 1 aromatic carbocycles. The number of carbonyl (C=O) groups is 2. The van der Waals surface area contributed by atoms with Gasteiger partial charge in [0.1, 0.15) is 23.7 Å². The number of ether oxygens (including phenoxy) is 4. The Hall–Kier alpha value is -2.36. The molecule has 2 fully saturated rings. The van der Waals surface area contributed by atoms with Crippen LogP contribution in [0.4, 0.5) is 0 Å². The number of amides is 2. The predicted molar refractivity (Wildman–Crippen MR) is 110 cm³/mol. The van der Waals surface area contributed by atoms with E-state index in [0.29, 0.717) is 49.8 Å². The van der Waals surface area contributed by atoms with Gasteiger partial charge in [-0.2, -0.15) is 0 Å². The second-order valence-electron chi connectivity index (χ2n) is 7.40. The molecule has 2 heterocycles. The zero-order valence-electron chi connectivity index (χ0n) is 18.0. The molecule has 2 aliphatic rings. The third-order valence-corrected chi connectivity index (χ3v) is 5.52. The van der Waals surface area contributed by atoms with Crippen LogP contribution in [0.1, 0.15) is 10.4 Å². The van der Waals surface area contributed by atoms with Gasteiger partial charge in [-0.15, -0.1) is 0 Å². The van der Waals surface area contributed by atoms with Crippen molar-refractivity contribution < 1.29 is 28.5 Å². The SMILES string of the molecule is COCC(=O)N1CCOC(CN2CCN(C(=O)c3c(OC)cccc3OC)CC2)C1. The van der Waals surface area contributed by atoms with Gasteiger partial charge in [-0.3, -0.25) is 14.5 Å².